The molecule has 3 aliphatic heterocycles. The number of nitrogens with one attached hydrogen (secondary N) is 1. The smallest absolute Gasteiger partial charge is 0.312 e. The molecule has 3 aliphatic rings. The Labute approximate surface area is 351 Å². The second kappa shape index (κ2) is 19.7. The molecule has 2 aromatic rings. The number of fused-ring (bicyclic) bond motifs is 14. The highest BCUT2D eigenvalue weighted by atomic mass is 16.7. The number of aliphatic hydroxyl groups excluding tert-OH is 2. The van der Waals surface area contributed by atoms with Gasteiger partial charge in [0.15, 0.2) is 12.4 Å². The van der Waals surface area contributed by atoms with Crippen LogP contribution in [0.2, 0.25) is 0 Å². The van der Waals surface area contributed by atoms with Gasteiger partial charge in [0.25, 0.3) is 17.6 Å². The third-order valence-corrected chi connectivity index (χ3v) is 11.3. The molecule has 3 heterocycles. The molecule has 60 heavy (non-hydrogen) atoms. The van der Waals surface area contributed by atoms with Gasteiger partial charge in [-0.3, -0.25) is 19.2 Å². The molecule has 0 aliphatic carbocycles. The van der Waals surface area contributed by atoms with Gasteiger partial charge in [-0.05, 0) is 26.3 Å². The fraction of sp³-hybridized carbons (Fsp3) is 0.511. The number of ketones is 1. The lowest BCUT2D eigenvalue weighted by Crippen LogP contribution is -2.46. The molecule has 15 heteroatoms. The Morgan fingerprint density at radius 3 is 2.32 bits per heavy atom. The maximum atomic E-state index is 14.5. The molecule has 0 spiro atoms. The summed E-state index contributed by atoms with van der Waals surface area (Å²) in [6, 6.07) is 1.24. The number of allylic oxidation sites excluding steroid dienone is 2. The number of ether oxygens (including phenoxy) is 5. The zero-order valence-electron chi connectivity index (χ0n) is 35.9. The van der Waals surface area contributed by atoms with Crippen LogP contribution in [-0.4, -0.2) is 106 Å². The number of Topliss-reactive ketones (excluding diaryl/α,β-unsaturated/α-hetero) is 1. The highest BCUT2D eigenvalue weighted by Crippen LogP contribution is 2.54. The van der Waals surface area contributed by atoms with Crippen molar-refractivity contribution in [1.82, 2.24) is 4.90 Å². The summed E-state index contributed by atoms with van der Waals surface area (Å²) < 4.78 is 29.7. The van der Waals surface area contributed by atoms with E-state index in [4.69, 9.17) is 30.1 Å². The molecule has 2 aromatic carbocycles. The van der Waals surface area contributed by atoms with E-state index in [1.165, 1.54) is 64.2 Å². The van der Waals surface area contributed by atoms with E-state index < -0.39 is 95.5 Å². The third kappa shape index (κ3) is 9.73. The number of amides is 2. The molecule has 0 radical (unpaired) electrons. The predicted molar refractivity (Wildman–Crippen MR) is 223 cm³/mol. The first-order valence-electron chi connectivity index (χ1n) is 19.9. The Kier molecular flexibility index (Phi) is 15.4. The van der Waals surface area contributed by atoms with E-state index in [1.807, 2.05) is 6.92 Å². The Bertz CT molecular complexity index is 2100. The van der Waals surface area contributed by atoms with Gasteiger partial charge in [0.05, 0.1) is 47.8 Å². The molecular formula is C45H58N2O13. The van der Waals surface area contributed by atoms with Crippen molar-refractivity contribution in [2.75, 3.05) is 32.1 Å². The zero-order chi connectivity index (χ0) is 44.8. The van der Waals surface area contributed by atoms with Crippen LogP contribution in [0.1, 0.15) is 77.7 Å². The van der Waals surface area contributed by atoms with E-state index in [0.29, 0.717) is 13.0 Å². The van der Waals surface area contributed by atoms with Gasteiger partial charge in [-0.2, -0.15) is 0 Å². The number of aliphatic hydroxyl groups is 2. The quantitative estimate of drug-likeness (QED) is 0.130. The maximum Gasteiger partial charge on any atom is 0.312 e. The number of phenolic OH excluding ortho intramolecular Hbond substituents is 2. The van der Waals surface area contributed by atoms with Crippen molar-refractivity contribution in [3.8, 4) is 35.3 Å². The summed E-state index contributed by atoms with van der Waals surface area (Å²) in [5.74, 6) is -5.89. The lowest BCUT2D eigenvalue weighted by molar-refractivity contribution is -0.160. The lowest BCUT2D eigenvalue weighted by Gasteiger charge is -2.38. The highest BCUT2D eigenvalue weighted by Gasteiger charge is 2.49. The Hall–Kier alpha value is -5.56. The van der Waals surface area contributed by atoms with Crippen molar-refractivity contribution in [2.24, 2.45) is 23.7 Å². The van der Waals surface area contributed by atoms with E-state index in [0.717, 1.165) is 0 Å². The molecule has 5 bridgehead atoms. The van der Waals surface area contributed by atoms with Gasteiger partial charge < -0.3 is 54.3 Å². The fourth-order valence-electron chi connectivity index (χ4n) is 7.65. The summed E-state index contributed by atoms with van der Waals surface area (Å²) in [6.45, 7) is 14.2. The van der Waals surface area contributed by atoms with Gasteiger partial charge in [-0.1, -0.05) is 58.8 Å². The van der Waals surface area contributed by atoms with E-state index >= 15 is 0 Å². The molecule has 5 N–H and O–H groups in total. The Morgan fingerprint density at radius 2 is 1.70 bits per heavy atom. The van der Waals surface area contributed by atoms with Crippen molar-refractivity contribution >= 4 is 40.0 Å². The van der Waals surface area contributed by atoms with Gasteiger partial charge in [-0.25, -0.2) is 0 Å². The number of esters is 1. The minimum absolute atomic E-state index is 0.0174. The van der Waals surface area contributed by atoms with Crippen LogP contribution in [0.15, 0.2) is 42.2 Å². The standard InChI is InChI=1S/C45H58N2O13/c1-12-18-47(19-13-2)33(49)22-57-32-21-30-40(53)35-34(32)36-42(28(8)39(35)52)60-45(10,43(36)54)58-20-17-31(56-11)25(5)41(59-29(9)48)27(7)38(51)26(6)37(50)23(3)15-14-16-24(4)44(55)46-30/h1,14-17,20-21,23,25-27,31,37-38,41,50-53H,13,18-19,22H2,2-11H3,(H,46,55)/b15-14+,20-17+,24-16+. The number of rotatable bonds is 8. The number of hydrogen-bond donors (Lipinski definition) is 5. The summed E-state index contributed by atoms with van der Waals surface area (Å²) in [5, 5.41) is 48.4. The molecule has 326 valence electrons. The molecule has 9 unspecified atom stereocenters. The van der Waals surface area contributed by atoms with Crippen molar-refractivity contribution in [1.29, 1.82) is 0 Å². The van der Waals surface area contributed by atoms with E-state index in [9.17, 15) is 39.6 Å². The first-order valence-corrected chi connectivity index (χ1v) is 19.9. The number of carbonyl (C=O) groups is 4. The molecule has 0 saturated carbocycles. The van der Waals surface area contributed by atoms with Crippen LogP contribution in [-0.2, 0) is 28.6 Å². The third-order valence-electron chi connectivity index (χ3n) is 11.3. The van der Waals surface area contributed by atoms with Gasteiger partial charge in [0.2, 0.25) is 0 Å². The monoisotopic (exact) mass is 834 g/mol. The topological polar surface area (TPSA) is 211 Å². The SMILES string of the molecule is C#CCN(CCC)C(=O)COc1cc2c(O)c3c(O)c(C)c4c(c13)C(=O)C(C)(O/C=C/C(OC)C(C)C(OC(C)=O)C(C)C(O)C(C)C(O)C(C)/C=C/C=C(\C)C(=O)N2)O4. The number of hydrogen-bond acceptors (Lipinski definition) is 13. The number of nitrogens with zero attached hydrogens (tertiary/aromatic N) is 1. The van der Waals surface area contributed by atoms with Crippen LogP contribution in [0.4, 0.5) is 5.69 Å². The predicted octanol–water partition coefficient (Wildman–Crippen LogP) is 5.30. The molecule has 9 atom stereocenters. The molecule has 0 aromatic heterocycles. The van der Waals surface area contributed by atoms with Gasteiger partial charge in [0.1, 0.15) is 23.4 Å². The molecule has 0 saturated heterocycles. The molecule has 5 rings (SSSR count). The minimum Gasteiger partial charge on any atom is -0.507 e. The number of anilines is 1. The molecular weight excluding hydrogens is 776 g/mol. The normalized spacial score (nSPS) is 29.4. The first kappa shape index (κ1) is 47.1. The maximum absolute atomic E-state index is 14.5. The van der Waals surface area contributed by atoms with Crippen LogP contribution in [0.3, 0.4) is 0 Å². The van der Waals surface area contributed by atoms with Crippen molar-refractivity contribution in [3.05, 3.63) is 53.3 Å². The summed E-state index contributed by atoms with van der Waals surface area (Å²) in [6.07, 6.45) is 9.63. The van der Waals surface area contributed by atoms with E-state index in [1.54, 1.807) is 39.8 Å². The average molecular weight is 835 g/mol. The Balaban J connectivity index is 1.94. The van der Waals surface area contributed by atoms with Crippen LogP contribution in [0.25, 0.3) is 10.8 Å². The Morgan fingerprint density at radius 1 is 1.02 bits per heavy atom. The van der Waals surface area contributed by atoms with Crippen LogP contribution >= 0.6 is 0 Å². The lowest BCUT2D eigenvalue weighted by atomic mass is 9.78. The van der Waals surface area contributed by atoms with Crippen molar-refractivity contribution < 1.29 is 63.3 Å². The molecule has 2 amide bonds. The molecule has 15 nitrogen and oxygen atoms in total. The second-order valence-electron chi connectivity index (χ2n) is 15.7. The van der Waals surface area contributed by atoms with Crippen LogP contribution < -0.4 is 14.8 Å². The average Bonchev–Trinajstić information content (AvgIpc) is 3.47. The van der Waals surface area contributed by atoms with Crippen LogP contribution in [0.5, 0.6) is 23.0 Å². The first-order chi connectivity index (χ1) is 28.2. The van der Waals surface area contributed by atoms with Crippen molar-refractivity contribution in [2.45, 2.75) is 98.9 Å². The summed E-state index contributed by atoms with van der Waals surface area (Å²) in [5.41, 5.74) is -0.0962. The fourth-order valence-corrected chi connectivity index (χ4v) is 7.65. The van der Waals surface area contributed by atoms with Crippen molar-refractivity contribution in [3.63, 3.8) is 0 Å². The van der Waals surface area contributed by atoms with Crippen LogP contribution in [0, 0.1) is 42.9 Å². The van der Waals surface area contributed by atoms with Gasteiger partial charge >= 0.3 is 11.8 Å². The highest BCUT2D eigenvalue weighted by molar-refractivity contribution is 6.21. The van der Waals surface area contributed by atoms with E-state index in [2.05, 4.69) is 11.2 Å². The summed E-state index contributed by atoms with van der Waals surface area (Å²) in [4.78, 5) is 55.1. The second-order valence-corrected chi connectivity index (χ2v) is 15.7. The summed E-state index contributed by atoms with van der Waals surface area (Å²) >= 11 is 0. The minimum atomic E-state index is -2.05. The number of methoxy groups -OCH3 is 1. The number of phenols is 2. The molecule has 0 fully saturated rings. The summed E-state index contributed by atoms with van der Waals surface area (Å²) in [7, 11) is 1.43. The van der Waals surface area contributed by atoms with Gasteiger partial charge in [0, 0.05) is 73.8 Å². The largest absolute Gasteiger partial charge is 0.507 e. The number of terminal acetylenes is 1. The number of carbonyl (C=O) groups excluding carboxylic acids is 4. The number of aromatic hydroxyl groups is 2. The zero-order valence-corrected chi connectivity index (χ0v) is 35.9. The van der Waals surface area contributed by atoms with E-state index in [-0.39, 0.29) is 51.2 Å². The number of benzene rings is 2. The van der Waals surface area contributed by atoms with Gasteiger partial charge in [-0.15, -0.1) is 6.42 Å².